The Morgan fingerprint density at radius 3 is 3.06 bits per heavy atom. The number of nitrogens with two attached hydrogens (primary N) is 1. The molecule has 100 valence electrons. The van der Waals surface area contributed by atoms with Gasteiger partial charge in [-0.1, -0.05) is 25.8 Å². The standard InChI is InChI=1S/C14H22N2OS/c1-10-4-2-5-11(8-10)13(14(15)17)16-9-12-6-3-7-18-12/h3,6-7,10-11,13,16H,2,4-5,8-9H2,1H3,(H2,15,17). The molecule has 3 atom stereocenters. The highest BCUT2D eigenvalue weighted by Crippen LogP contribution is 2.31. The van der Waals surface area contributed by atoms with E-state index in [2.05, 4.69) is 23.7 Å². The summed E-state index contributed by atoms with van der Waals surface area (Å²) in [6, 6.07) is 3.94. The lowest BCUT2D eigenvalue weighted by molar-refractivity contribution is -0.121. The van der Waals surface area contributed by atoms with Gasteiger partial charge in [0.25, 0.3) is 0 Å². The number of primary amides is 1. The van der Waals surface area contributed by atoms with Gasteiger partial charge in [-0.25, -0.2) is 0 Å². The summed E-state index contributed by atoms with van der Waals surface area (Å²) >= 11 is 1.71. The van der Waals surface area contributed by atoms with Crippen molar-refractivity contribution in [3.05, 3.63) is 22.4 Å². The van der Waals surface area contributed by atoms with E-state index < -0.39 is 0 Å². The van der Waals surface area contributed by atoms with Crippen LogP contribution in [-0.4, -0.2) is 11.9 Å². The van der Waals surface area contributed by atoms with Crippen molar-refractivity contribution in [1.29, 1.82) is 0 Å². The third-order valence-electron chi connectivity index (χ3n) is 3.83. The van der Waals surface area contributed by atoms with Crippen LogP contribution in [0.25, 0.3) is 0 Å². The zero-order valence-electron chi connectivity index (χ0n) is 10.9. The van der Waals surface area contributed by atoms with Crippen LogP contribution in [0.3, 0.4) is 0 Å². The molecule has 3 N–H and O–H groups in total. The molecule has 1 aliphatic carbocycles. The maximum Gasteiger partial charge on any atom is 0.234 e. The summed E-state index contributed by atoms with van der Waals surface area (Å²) in [7, 11) is 0. The maximum atomic E-state index is 11.6. The molecule has 0 spiro atoms. The topological polar surface area (TPSA) is 55.1 Å². The Morgan fingerprint density at radius 1 is 1.61 bits per heavy atom. The summed E-state index contributed by atoms with van der Waals surface area (Å²) < 4.78 is 0. The number of amides is 1. The minimum Gasteiger partial charge on any atom is -0.368 e. The number of hydrogen-bond acceptors (Lipinski definition) is 3. The highest BCUT2D eigenvalue weighted by Gasteiger charge is 2.29. The predicted molar refractivity (Wildman–Crippen MR) is 75.3 cm³/mol. The van der Waals surface area contributed by atoms with E-state index in [9.17, 15) is 4.79 Å². The summed E-state index contributed by atoms with van der Waals surface area (Å²) in [5.74, 6) is 0.922. The van der Waals surface area contributed by atoms with E-state index >= 15 is 0 Å². The predicted octanol–water partition coefficient (Wildman–Crippen LogP) is 2.52. The molecule has 1 saturated carbocycles. The number of thiophene rings is 1. The van der Waals surface area contributed by atoms with Crippen LogP contribution in [0.15, 0.2) is 17.5 Å². The molecule has 0 radical (unpaired) electrons. The Kier molecular flexibility index (Phi) is 4.78. The van der Waals surface area contributed by atoms with Crippen LogP contribution in [-0.2, 0) is 11.3 Å². The molecule has 0 saturated heterocycles. The molecule has 1 aliphatic rings. The first-order valence-corrected chi connectivity index (χ1v) is 7.60. The van der Waals surface area contributed by atoms with Gasteiger partial charge in [-0.3, -0.25) is 4.79 Å². The summed E-state index contributed by atoms with van der Waals surface area (Å²) in [6.07, 6.45) is 4.74. The SMILES string of the molecule is CC1CCCC(C(NCc2cccs2)C(N)=O)C1. The van der Waals surface area contributed by atoms with E-state index in [1.807, 2.05) is 6.07 Å². The monoisotopic (exact) mass is 266 g/mol. The van der Waals surface area contributed by atoms with E-state index in [0.29, 0.717) is 11.8 Å². The number of carbonyl (C=O) groups is 1. The Labute approximate surface area is 113 Å². The molecular formula is C14H22N2OS. The van der Waals surface area contributed by atoms with Crippen LogP contribution >= 0.6 is 11.3 Å². The van der Waals surface area contributed by atoms with Crippen molar-refractivity contribution in [2.75, 3.05) is 0 Å². The lowest BCUT2D eigenvalue weighted by Gasteiger charge is -2.32. The molecule has 0 aromatic carbocycles. The van der Waals surface area contributed by atoms with Crippen LogP contribution in [0.4, 0.5) is 0 Å². The van der Waals surface area contributed by atoms with Gasteiger partial charge < -0.3 is 11.1 Å². The maximum absolute atomic E-state index is 11.6. The van der Waals surface area contributed by atoms with Gasteiger partial charge in [0, 0.05) is 11.4 Å². The molecule has 0 bridgehead atoms. The highest BCUT2D eigenvalue weighted by atomic mass is 32.1. The van der Waals surface area contributed by atoms with Crippen LogP contribution in [0.2, 0.25) is 0 Å². The van der Waals surface area contributed by atoms with E-state index in [-0.39, 0.29) is 11.9 Å². The van der Waals surface area contributed by atoms with Crippen molar-refractivity contribution in [2.24, 2.45) is 17.6 Å². The molecule has 0 aliphatic heterocycles. The molecule has 1 aromatic rings. The number of hydrogen-bond donors (Lipinski definition) is 2. The second kappa shape index (κ2) is 6.34. The quantitative estimate of drug-likeness (QED) is 0.860. The molecule has 2 rings (SSSR count). The molecule has 4 heteroatoms. The Bertz CT molecular complexity index is 377. The van der Waals surface area contributed by atoms with Gasteiger partial charge >= 0.3 is 0 Å². The van der Waals surface area contributed by atoms with Crippen molar-refractivity contribution < 1.29 is 4.79 Å². The van der Waals surface area contributed by atoms with Gasteiger partial charge in [0.1, 0.15) is 0 Å². The van der Waals surface area contributed by atoms with Gasteiger partial charge in [-0.15, -0.1) is 11.3 Å². The van der Waals surface area contributed by atoms with Crippen molar-refractivity contribution >= 4 is 17.2 Å². The van der Waals surface area contributed by atoms with Crippen LogP contribution < -0.4 is 11.1 Å². The van der Waals surface area contributed by atoms with Gasteiger partial charge in [0.2, 0.25) is 5.91 Å². The molecule has 1 heterocycles. The molecule has 3 nitrogen and oxygen atoms in total. The fourth-order valence-corrected chi connectivity index (χ4v) is 3.56. The first kappa shape index (κ1) is 13.6. The smallest absolute Gasteiger partial charge is 0.234 e. The van der Waals surface area contributed by atoms with Gasteiger partial charge in [0.15, 0.2) is 0 Å². The average Bonchev–Trinajstić information content (AvgIpc) is 2.82. The molecule has 18 heavy (non-hydrogen) atoms. The lowest BCUT2D eigenvalue weighted by atomic mass is 9.78. The molecular weight excluding hydrogens is 244 g/mol. The third kappa shape index (κ3) is 3.56. The fourth-order valence-electron chi connectivity index (χ4n) is 2.91. The van der Waals surface area contributed by atoms with Crippen LogP contribution in [0.1, 0.15) is 37.5 Å². The van der Waals surface area contributed by atoms with E-state index in [1.54, 1.807) is 11.3 Å². The van der Waals surface area contributed by atoms with E-state index in [4.69, 9.17) is 5.73 Å². The first-order valence-electron chi connectivity index (χ1n) is 6.72. The summed E-state index contributed by atoms with van der Waals surface area (Å²) in [5, 5.41) is 5.40. The number of rotatable bonds is 5. The van der Waals surface area contributed by atoms with E-state index in [0.717, 1.165) is 19.4 Å². The third-order valence-corrected chi connectivity index (χ3v) is 4.71. The minimum atomic E-state index is -0.203. The second-order valence-electron chi connectivity index (χ2n) is 5.37. The Balaban J connectivity index is 1.92. The molecule has 1 aromatic heterocycles. The largest absolute Gasteiger partial charge is 0.368 e. The Hall–Kier alpha value is -0.870. The second-order valence-corrected chi connectivity index (χ2v) is 6.40. The first-order chi connectivity index (χ1) is 8.66. The zero-order chi connectivity index (χ0) is 13.0. The fraction of sp³-hybridized carbons (Fsp3) is 0.643. The van der Waals surface area contributed by atoms with E-state index in [1.165, 1.54) is 17.7 Å². The minimum absolute atomic E-state index is 0.171. The summed E-state index contributed by atoms with van der Waals surface area (Å²) in [4.78, 5) is 12.9. The van der Waals surface area contributed by atoms with Crippen molar-refractivity contribution in [3.8, 4) is 0 Å². The Morgan fingerprint density at radius 2 is 2.44 bits per heavy atom. The van der Waals surface area contributed by atoms with Gasteiger partial charge in [0.05, 0.1) is 6.04 Å². The average molecular weight is 266 g/mol. The number of nitrogens with one attached hydrogen (secondary N) is 1. The summed E-state index contributed by atoms with van der Waals surface area (Å²) in [6.45, 7) is 3.01. The summed E-state index contributed by atoms with van der Waals surface area (Å²) in [5.41, 5.74) is 5.55. The van der Waals surface area contributed by atoms with Gasteiger partial charge in [-0.05, 0) is 36.1 Å². The normalized spacial score (nSPS) is 25.8. The van der Waals surface area contributed by atoms with Crippen LogP contribution in [0, 0.1) is 11.8 Å². The lowest BCUT2D eigenvalue weighted by Crippen LogP contribution is -2.47. The number of carbonyl (C=O) groups excluding carboxylic acids is 1. The van der Waals surface area contributed by atoms with Crippen molar-refractivity contribution in [3.63, 3.8) is 0 Å². The molecule has 3 unspecified atom stereocenters. The highest BCUT2D eigenvalue weighted by molar-refractivity contribution is 7.09. The molecule has 1 amide bonds. The van der Waals surface area contributed by atoms with Gasteiger partial charge in [-0.2, -0.15) is 0 Å². The van der Waals surface area contributed by atoms with Crippen molar-refractivity contribution in [1.82, 2.24) is 5.32 Å². The van der Waals surface area contributed by atoms with Crippen LogP contribution in [0.5, 0.6) is 0 Å². The molecule has 1 fully saturated rings. The zero-order valence-corrected chi connectivity index (χ0v) is 11.7. The van der Waals surface area contributed by atoms with Crippen molar-refractivity contribution in [2.45, 2.75) is 45.2 Å².